The van der Waals surface area contributed by atoms with Gasteiger partial charge in [-0.3, -0.25) is 0 Å². The molecule has 19 heavy (non-hydrogen) atoms. The Kier molecular flexibility index (Phi) is 5.67. The lowest BCUT2D eigenvalue weighted by molar-refractivity contribution is 0.283. The van der Waals surface area contributed by atoms with Crippen LogP contribution in [0.15, 0.2) is 18.2 Å². The predicted octanol–water partition coefficient (Wildman–Crippen LogP) is 2.96. The molecule has 2 nitrogen and oxygen atoms in total. The van der Waals surface area contributed by atoms with Crippen molar-refractivity contribution in [2.45, 2.75) is 25.8 Å². The second-order valence-electron chi connectivity index (χ2n) is 5.21. The number of halogens is 1. The fourth-order valence-corrected chi connectivity index (χ4v) is 3.27. The van der Waals surface area contributed by atoms with Crippen molar-refractivity contribution in [2.75, 3.05) is 31.1 Å². The van der Waals surface area contributed by atoms with Crippen molar-refractivity contribution < 1.29 is 4.39 Å². The first-order valence-electron chi connectivity index (χ1n) is 6.98. The highest BCUT2D eigenvalue weighted by Crippen LogP contribution is 2.18. The number of benzene rings is 1. The van der Waals surface area contributed by atoms with E-state index < -0.39 is 0 Å². The van der Waals surface area contributed by atoms with Gasteiger partial charge in [0, 0.05) is 18.3 Å². The number of hydrogen-bond acceptors (Lipinski definition) is 3. The van der Waals surface area contributed by atoms with Gasteiger partial charge < -0.3 is 10.6 Å². The summed E-state index contributed by atoms with van der Waals surface area (Å²) in [6, 6.07) is 5.28. The van der Waals surface area contributed by atoms with Crippen LogP contribution in [-0.4, -0.2) is 36.0 Å². The van der Waals surface area contributed by atoms with Crippen LogP contribution in [0.25, 0.3) is 0 Å². The SMILES string of the molecule is Cc1ccc(C(N)CCN2CCCSCC2)cc1F. The van der Waals surface area contributed by atoms with E-state index in [1.54, 1.807) is 13.0 Å². The van der Waals surface area contributed by atoms with Crippen LogP contribution in [0.3, 0.4) is 0 Å². The number of thioether (sulfide) groups is 1. The third-order valence-corrected chi connectivity index (χ3v) is 4.74. The summed E-state index contributed by atoms with van der Waals surface area (Å²) in [5.74, 6) is 2.33. The molecule has 0 amide bonds. The molecule has 0 aliphatic carbocycles. The minimum absolute atomic E-state index is 0.0639. The molecule has 1 aliphatic rings. The zero-order valence-corrected chi connectivity index (χ0v) is 12.4. The largest absolute Gasteiger partial charge is 0.324 e. The van der Waals surface area contributed by atoms with Crippen molar-refractivity contribution in [3.63, 3.8) is 0 Å². The van der Waals surface area contributed by atoms with Gasteiger partial charge in [0.15, 0.2) is 0 Å². The molecule has 1 aliphatic heterocycles. The molecule has 1 saturated heterocycles. The summed E-state index contributed by atoms with van der Waals surface area (Å²) < 4.78 is 13.5. The standard InChI is InChI=1S/C15H23FN2S/c1-12-3-4-13(11-14(12)16)15(17)5-7-18-6-2-9-19-10-8-18/h3-4,11,15H,2,5-10,17H2,1H3. The number of nitrogens with two attached hydrogens (primary N) is 1. The van der Waals surface area contributed by atoms with Crippen molar-refractivity contribution in [3.8, 4) is 0 Å². The summed E-state index contributed by atoms with van der Waals surface area (Å²) in [5.41, 5.74) is 7.76. The average molecular weight is 282 g/mol. The van der Waals surface area contributed by atoms with Gasteiger partial charge in [0.2, 0.25) is 0 Å². The monoisotopic (exact) mass is 282 g/mol. The molecule has 1 aromatic carbocycles. The Morgan fingerprint density at radius 2 is 2.21 bits per heavy atom. The minimum atomic E-state index is -0.154. The molecular weight excluding hydrogens is 259 g/mol. The van der Waals surface area contributed by atoms with E-state index in [2.05, 4.69) is 4.90 Å². The van der Waals surface area contributed by atoms with E-state index in [9.17, 15) is 4.39 Å². The van der Waals surface area contributed by atoms with E-state index in [0.29, 0.717) is 5.56 Å². The smallest absolute Gasteiger partial charge is 0.126 e. The molecule has 0 aromatic heterocycles. The van der Waals surface area contributed by atoms with Gasteiger partial charge in [0.05, 0.1) is 0 Å². The average Bonchev–Trinajstić information content (AvgIpc) is 2.67. The van der Waals surface area contributed by atoms with Gasteiger partial charge in [-0.15, -0.1) is 0 Å². The van der Waals surface area contributed by atoms with Crippen LogP contribution < -0.4 is 5.73 Å². The zero-order chi connectivity index (χ0) is 13.7. The maximum absolute atomic E-state index is 13.5. The lowest BCUT2D eigenvalue weighted by Gasteiger charge is -2.21. The molecule has 0 radical (unpaired) electrons. The summed E-state index contributed by atoms with van der Waals surface area (Å²) in [5, 5.41) is 0. The minimum Gasteiger partial charge on any atom is -0.324 e. The normalized spacial score (nSPS) is 19.1. The summed E-state index contributed by atoms with van der Waals surface area (Å²) in [4.78, 5) is 2.48. The Hall–Kier alpha value is -0.580. The van der Waals surface area contributed by atoms with E-state index in [-0.39, 0.29) is 11.9 Å². The molecule has 106 valence electrons. The molecule has 1 unspecified atom stereocenters. The van der Waals surface area contributed by atoms with Crippen LogP contribution in [0, 0.1) is 12.7 Å². The predicted molar refractivity (Wildman–Crippen MR) is 81.1 cm³/mol. The molecule has 4 heteroatoms. The first kappa shape index (κ1) is 14.8. The van der Waals surface area contributed by atoms with E-state index in [1.165, 1.54) is 24.5 Å². The van der Waals surface area contributed by atoms with Crippen molar-refractivity contribution in [2.24, 2.45) is 5.73 Å². The fourth-order valence-electron chi connectivity index (χ4n) is 2.35. The van der Waals surface area contributed by atoms with Crippen molar-refractivity contribution in [1.29, 1.82) is 0 Å². The van der Waals surface area contributed by atoms with Crippen LogP contribution in [0.5, 0.6) is 0 Å². The van der Waals surface area contributed by atoms with Gasteiger partial charge in [-0.05, 0) is 55.8 Å². The Balaban J connectivity index is 1.85. The molecule has 2 N–H and O–H groups in total. The lowest BCUT2D eigenvalue weighted by atomic mass is 10.0. The molecule has 1 atom stereocenters. The first-order chi connectivity index (χ1) is 9.16. The van der Waals surface area contributed by atoms with Crippen molar-refractivity contribution in [3.05, 3.63) is 35.1 Å². The second kappa shape index (κ2) is 7.27. The molecular formula is C15H23FN2S. The maximum Gasteiger partial charge on any atom is 0.126 e. The second-order valence-corrected chi connectivity index (χ2v) is 6.44. The van der Waals surface area contributed by atoms with Gasteiger partial charge in [-0.2, -0.15) is 11.8 Å². The van der Waals surface area contributed by atoms with Crippen LogP contribution in [0.4, 0.5) is 4.39 Å². The van der Waals surface area contributed by atoms with Crippen LogP contribution in [0.1, 0.15) is 30.0 Å². The number of nitrogens with zero attached hydrogens (tertiary/aromatic N) is 1. The van der Waals surface area contributed by atoms with Crippen LogP contribution in [-0.2, 0) is 0 Å². The molecule has 1 aromatic rings. The highest BCUT2D eigenvalue weighted by atomic mass is 32.2. The van der Waals surface area contributed by atoms with Gasteiger partial charge in [0.25, 0.3) is 0 Å². The van der Waals surface area contributed by atoms with Crippen LogP contribution in [0.2, 0.25) is 0 Å². The van der Waals surface area contributed by atoms with E-state index >= 15 is 0 Å². The van der Waals surface area contributed by atoms with Gasteiger partial charge >= 0.3 is 0 Å². The quantitative estimate of drug-likeness (QED) is 0.920. The Morgan fingerprint density at radius 3 is 3.00 bits per heavy atom. The Morgan fingerprint density at radius 1 is 1.37 bits per heavy atom. The highest BCUT2D eigenvalue weighted by molar-refractivity contribution is 7.99. The zero-order valence-electron chi connectivity index (χ0n) is 11.6. The molecule has 2 rings (SSSR count). The maximum atomic E-state index is 13.5. The number of hydrogen-bond donors (Lipinski definition) is 1. The molecule has 0 saturated carbocycles. The number of rotatable bonds is 4. The summed E-state index contributed by atoms with van der Waals surface area (Å²) in [6.07, 6.45) is 2.16. The van der Waals surface area contributed by atoms with E-state index in [1.807, 2.05) is 23.9 Å². The molecule has 1 heterocycles. The summed E-state index contributed by atoms with van der Waals surface area (Å²) in [6.45, 7) is 5.11. The Bertz CT molecular complexity index is 403. The van der Waals surface area contributed by atoms with Crippen molar-refractivity contribution in [1.82, 2.24) is 4.90 Å². The first-order valence-corrected chi connectivity index (χ1v) is 8.14. The van der Waals surface area contributed by atoms with Gasteiger partial charge in [-0.1, -0.05) is 12.1 Å². The topological polar surface area (TPSA) is 29.3 Å². The highest BCUT2D eigenvalue weighted by Gasteiger charge is 2.13. The Labute approximate surface area is 119 Å². The molecule has 0 spiro atoms. The molecule has 1 fully saturated rings. The number of aryl methyl sites for hydroxylation is 1. The fraction of sp³-hybridized carbons (Fsp3) is 0.600. The van der Waals surface area contributed by atoms with Gasteiger partial charge in [-0.25, -0.2) is 4.39 Å². The lowest BCUT2D eigenvalue weighted by Crippen LogP contribution is -2.29. The third kappa shape index (κ3) is 4.48. The third-order valence-electron chi connectivity index (χ3n) is 3.70. The van der Waals surface area contributed by atoms with Gasteiger partial charge in [0.1, 0.15) is 5.82 Å². The van der Waals surface area contributed by atoms with E-state index in [0.717, 1.165) is 25.1 Å². The summed E-state index contributed by atoms with van der Waals surface area (Å²) in [7, 11) is 0. The van der Waals surface area contributed by atoms with Crippen LogP contribution >= 0.6 is 11.8 Å². The van der Waals surface area contributed by atoms with E-state index in [4.69, 9.17) is 5.73 Å². The summed E-state index contributed by atoms with van der Waals surface area (Å²) >= 11 is 2.03. The van der Waals surface area contributed by atoms with Crippen molar-refractivity contribution >= 4 is 11.8 Å². The molecule has 0 bridgehead atoms.